The SMILES string of the molecule is COC(=O)c1ccccc1NC(=O)/C(C#N)=C/c1ccc(OC(=O)c2ccc(C)cc2)c(OC)c1. The number of rotatable bonds is 7. The van der Waals surface area contributed by atoms with Crippen molar-refractivity contribution in [2.45, 2.75) is 6.92 Å². The number of ether oxygens (including phenoxy) is 3. The molecule has 0 saturated heterocycles. The van der Waals surface area contributed by atoms with Crippen molar-refractivity contribution in [3.8, 4) is 17.6 Å². The minimum absolute atomic E-state index is 0.155. The quantitative estimate of drug-likeness (QED) is 0.233. The average Bonchev–Trinajstić information content (AvgIpc) is 2.88. The van der Waals surface area contributed by atoms with Crippen molar-refractivity contribution in [1.29, 1.82) is 5.26 Å². The summed E-state index contributed by atoms with van der Waals surface area (Å²) in [4.78, 5) is 37.1. The van der Waals surface area contributed by atoms with Gasteiger partial charge in [0.15, 0.2) is 11.5 Å². The normalized spacial score (nSPS) is 10.6. The molecule has 0 radical (unpaired) electrons. The lowest BCUT2D eigenvalue weighted by Crippen LogP contribution is -2.16. The molecular weight excluding hydrogens is 448 g/mol. The largest absolute Gasteiger partial charge is 0.493 e. The van der Waals surface area contributed by atoms with E-state index in [-0.39, 0.29) is 28.3 Å². The number of carbonyl (C=O) groups excluding carboxylic acids is 3. The summed E-state index contributed by atoms with van der Waals surface area (Å²) < 4.78 is 15.5. The van der Waals surface area contributed by atoms with Gasteiger partial charge in [-0.1, -0.05) is 35.9 Å². The van der Waals surface area contributed by atoms with E-state index in [2.05, 4.69) is 5.32 Å². The maximum absolute atomic E-state index is 12.7. The Bertz CT molecular complexity index is 1340. The van der Waals surface area contributed by atoms with Crippen LogP contribution in [0.15, 0.2) is 72.3 Å². The van der Waals surface area contributed by atoms with Crippen LogP contribution in [0.25, 0.3) is 6.08 Å². The number of amides is 1. The zero-order valence-corrected chi connectivity index (χ0v) is 19.3. The van der Waals surface area contributed by atoms with Gasteiger partial charge in [-0.05, 0) is 55.0 Å². The number of anilines is 1. The van der Waals surface area contributed by atoms with E-state index in [0.717, 1.165) is 5.56 Å². The summed E-state index contributed by atoms with van der Waals surface area (Å²) in [5.41, 5.74) is 2.02. The van der Waals surface area contributed by atoms with E-state index in [1.807, 2.05) is 13.0 Å². The molecular formula is C27H22N2O6. The molecule has 0 spiro atoms. The van der Waals surface area contributed by atoms with Crippen LogP contribution in [-0.4, -0.2) is 32.1 Å². The molecule has 1 N–H and O–H groups in total. The lowest BCUT2D eigenvalue weighted by Gasteiger charge is -2.11. The third-order valence-corrected chi connectivity index (χ3v) is 4.93. The second-order valence-corrected chi connectivity index (χ2v) is 7.33. The van der Waals surface area contributed by atoms with E-state index in [9.17, 15) is 19.6 Å². The van der Waals surface area contributed by atoms with E-state index < -0.39 is 17.8 Å². The number of esters is 2. The molecule has 0 fully saturated rings. The van der Waals surface area contributed by atoms with Gasteiger partial charge in [0.2, 0.25) is 0 Å². The molecule has 0 aliphatic rings. The number of hydrogen-bond donors (Lipinski definition) is 1. The molecule has 0 aliphatic carbocycles. The van der Waals surface area contributed by atoms with E-state index in [4.69, 9.17) is 14.2 Å². The number of hydrogen-bond acceptors (Lipinski definition) is 7. The molecule has 0 aliphatic heterocycles. The molecule has 0 unspecified atom stereocenters. The van der Waals surface area contributed by atoms with Gasteiger partial charge in [-0.25, -0.2) is 9.59 Å². The number of methoxy groups -OCH3 is 2. The number of carbonyl (C=O) groups is 3. The first-order chi connectivity index (χ1) is 16.9. The number of benzene rings is 3. The molecule has 0 bridgehead atoms. The number of nitriles is 1. The number of aryl methyl sites for hydroxylation is 1. The average molecular weight is 470 g/mol. The van der Waals surface area contributed by atoms with Gasteiger partial charge in [-0.2, -0.15) is 5.26 Å². The first-order valence-corrected chi connectivity index (χ1v) is 10.4. The smallest absolute Gasteiger partial charge is 0.343 e. The van der Waals surface area contributed by atoms with Crippen molar-refractivity contribution in [3.63, 3.8) is 0 Å². The molecule has 0 heterocycles. The van der Waals surface area contributed by atoms with Crippen LogP contribution in [0.5, 0.6) is 11.5 Å². The Labute approximate surface area is 202 Å². The van der Waals surface area contributed by atoms with Crippen molar-refractivity contribution in [2.75, 3.05) is 19.5 Å². The molecule has 3 aromatic carbocycles. The number of para-hydroxylation sites is 1. The Morgan fingerprint density at radius 3 is 2.29 bits per heavy atom. The van der Waals surface area contributed by atoms with Gasteiger partial charge in [-0.3, -0.25) is 4.79 Å². The highest BCUT2D eigenvalue weighted by molar-refractivity contribution is 6.12. The third-order valence-electron chi connectivity index (χ3n) is 4.93. The second kappa shape index (κ2) is 11.3. The molecule has 0 saturated carbocycles. The molecule has 8 heteroatoms. The Morgan fingerprint density at radius 2 is 1.63 bits per heavy atom. The minimum atomic E-state index is -0.710. The van der Waals surface area contributed by atoms with Crippen LogP contribution in [0.3, 0.4) is 0 Å². The summed E-state index contributed by atoms with van der Waals surface area (Å²) in [7, 11) is 2.64. The third kappa shape index (κ3) is 6.12. The Kier molecular flexibility index (Phi) is 7.98. The monoisotopic (exact) mass is 470 g/mol. The highest BCUT2D eigenvalue weighted by atomic mass is 16.6. The Morgan fingerprint density at radius 1 is 0.914 bits per heavy atom. The van der Waals surface area contributed by atoms with E-state index in [1.165, 1.54) is 44.6 Å². The van der Waals surface area contributed by atoms with Crippen LogP contribution < -0.4 is 14.8 Å². The van der Waals surface area contributed by atoms with Gasteiger partial charge in [0, 0.05) is 0 Å². The lowest BCUT2D eigenvalue weighted by molar-refractivity contribution is -0.112. The molecule has 3 aromatic rings. The topological polar surface area (TPSA) is 115 Å². The Hall–Kier alpha value is -4.90. The molecule has 176 valence electrons. The van der Waals surface area contributed by atoms with Crippen molar-refractivity contribution in [3.05, 3.63) is 94.6 Å². The summed E-state index contributed by atoms with van der Waals surface area (Å²) in [6.45, 7) is 1.91. The summed E-state index contributed by atoms with van der Waals surface area (Å²) >= 11 is 0. The van der Waals surface area contributed by atoms with Crippen LogP contribution in [0, 0.1) is 18.3 Å². The standard InChI is InChI=1S/C27H22N2O6/c1-17-8-11-19(12-9-17)26(31)35-23-13-10-18(15-24(23)33-2)14-20(16-28)25(30)29-22-7-5-4-6-21(22)27(32)34-3/h4-15H,1-3H3,(H,29,30)/b20-14+. The number of nitrogens with one attached hydrogen (secondary N) is 1. The van der Waals surface area contributed by atoms with Gasteiger partial charge in [0.25, 0.3) is 5.91 Å². The Balaban J connectivity index is 1.82. The van der Waals surface area contributed by atoms with Crippen molar-refractivity contribution < 1.29 is 28.6 Å². The predicted octanol–water partition coefficient (Wildman–Crippen LogP) is 4.56. The highest BCUT2D eigenvalue weighted by Crippen LogP contribution is 2.30. The first kappa shape index (κ1) is 24.7. The minimum Gasteiger partial charge on any atom is -0.493 e. The van der Waals surface area contributed by atoms with Gasteiger partial charge in [0.1, 0.15) is 11.6 Å². The van der Waals surface area contributed by atoms with Crippen LogP contribution in [0.4, 0.5) is 5.69 Å². The maximum atomic E-state index is 12.7. The van der Waals surface area contributed by atoms with Gasteiger partial charge < -0.3 is 19.5 Å². The van der Waals surface area contributed by atoms with Gasteiger partial charge >= 0.3 is 11.9 Å². The zero-order valence-electron chi connectivity index (χ0n) is 19.3. The van der Waals surface area contributed by atoms with E-state index in [1.54, 1.807) is 42.5 Å². The van der Waals surface area contributed by atoms with E-state index >= 15 is 0 Å². The second-order valence-electron chi connectivity index (χ2n) is 7.33. The van der Waals surface area contributed by atoms with Crippen LogP contribution in [0.2, 0.25) is 0 Å². The molecule has 8 nitrogen and oxygen atoms in total. The van der Waals surface area contributed by atoms with Crippen molar-refractivity contribution in [1.82, 2.24) is 0 Å². The summed E-state index contributed by atoms with van der Waals surface area (Å²) in [5.74, 6) is -1.45. The molecule has 35 heavy (non-hydrogen) atoms. The highest BCUT2D eigenvalue weighted by Gasteiger charge is 2.17. The van der Waals surface area contributed by atoms with Crippen LogP contribution in [-0.2, 0) is 9.53 Å². The van der Waals surface area contributed by atoms with Crippen molar-refractivity contribution >= 4 is 29.6 Å². The molecule has 0 atom stereocenters. The molecule has 3 rings (SSSR count). The summed E-state index contributed by atoms with van der Waals surface area (Å²) in [6, 6.07) is 19.7. The first-order valence-electron chi connectivity index (χ1n) is 10.4. The fourth-order valence-electron chi connectivity index (χ4n) is 3.09. The lowest BCUT2D eigenvalue weighted by atomic mass is 10.1. The van der Waals surface area contributed by atoms with Crippen molar-refractivity contribution in [2.24, 2.45) is 0 Å². The molecule has 0 aromatic heterocycles. The van der Waals surface area contributed by atoms with Crippen LogP contribution >= 0.6 is 0 Å². The summed E-state index contributed by atoms with van der Waals surface area (Å²) in [5, 5.41) is 12.1. The fraction of sp³-hybridized carbons (Fsp3) is 0.111. The summed E-state index contributed by atoms with van der Waals surface area (Å²) in [6.07, 6.45) is 1.35. The number of nitrogens with zero attached hydrogens (tertiary/aromatic N) is 1. The van der Waals surface area contributed by atoms with Gasteiger partial charge in [-0.15, -0.1) is 0 Å². The van der Waals surface area contributed by atoms with Gasteiger partial charge in [0.05, 0.1) is 31.0 Å². The van der Waals surface area contributed by atoms with Crippen LogP contribution in [0.1, 0.15) is 31.8 Å². The fourth-order valence-corrected chi connectivity index (χ4v) is 3.09. The zero-order chi connectivity index (χ0) is 25.4. The van der Waals surface area contributed by atoms with E-state index in [0.29, 0.717) is 11.1 Å². The molecule has 1 amide bonds. The maximum Gasteiger partial charge on any atom is 0.343 e. The predicted molar refractivity (Wildman–Crippen MR) is 129 cm³/mol.